The van der Waals surface area contributed by atoms with Gasteiger partial charge in [0, 0.05) is 58.9 Å². The molecule has 2 amide bonds. The number of nitrogens with zero attached hydrogens (tertiary/aromatic N) is 2. The number of likely N-dealkylation sites (N-methyl/N-ethyl adjacent to an activating group) is 1. The molecule has 0 atom stereocenters. The molecule has 2 aliphatic heterocycles. The minimum Gasteiger partial charge on any atom is -0.358 e. The van der Waals surface area contributed by atoms with Crippen molar-refractivity contribution in [3.63, 3.8) is 0 Å². The van der Waals surface area contributed by atoms with Gasteiger partial charge in [0.2, 0.25) is 0 Å². The van der Waals surface area contributed by atoms with Gasteiger partial charge in [-0.2, -0.15) is 0 Å². The molecule has 2 aliphatic rings. The highest BCUT2D eigenvalue weighted by atomic mass is 35.5. The topological polar surface area (TPSA) is 103 Å². The number of hydrogen-bond acceptors (Lipinski definition) is 5. The summed E-state index contributed by atoms with van der Waals surface area (Å²) in [5, 5.41) is 3.49. The molecule has 0 radical (unpaired) electrons. The van der Waals surface area contributed by atoms with Gasteiger partial charge in [-0.25, -0.2) is 8.42 Å². The fourth-order valence-electron chi connectivity index (χ4n) is 5.00. The molecular weight excluding hydrogens is 559 g/mol. The van der Waals surface area contributed by atoms with Crippen molar-refractivity contribution >= 4 is 62.2 Å². The van der Waals surface area contributed by atoms with E-state index in [0.29, 0.717) is 56.8 Å². The Labute approximate surface area is 237 Å². The van der Waals surface area contributed by atoms with E-state index in [2.05, 4.69) is 15.2 Å². The minimum absolute atomic E-state index is 0.0386. The highest BCUT2D eigenvalue weighted by Crippen LogP contribution is 2.36. The number of halogens is 2. The maximum Gasteiger partial charge on any atom is 0.256 e. The molecule has 8 nitrogen and oxygen atoms in total. The second-order valence-corrected chi connectivity index (χ2v) is 12.8. The van der Waals surface area contributed by atoms with E-state index in [9.17, 15) is 18.0 Å². The number of aryl methyl sites for hydroxylation is 1. The van der Waals surface area contributed by atoms with E-state index in [1.807, 2.05) is 25.8 Å². The van der Waals surface area contributed by atoms with E-state index >= 15 is 0 Å². The van der Waals surface area contributed by atoms with Crippen LogP contribution in [0.25, 0.3) is 11.6 Å². The van der Waals surface area contributed by atoms with Crippen molar-refractivity contribution in [3.05, 3.63) is 80.1 Å². The van der Waals surface area contributed by atoms with Crippen LogP contribution in [0.2, 0.25) is 10.0 Å². The predicted molar refractivity (Wildman–Crippen MR) is 154 cm³/mol. The molecule has 3 heterocycles. The van der Waals surface area contributed by atoms with Crippen LogP contribution in [0.3, 0.4) is 0 Å². The van der Waals surface area contributed by atoms with Crippen LogP contribution in [0.1, 0.15) is 38.4 Å². The fourth-order valence-corrected chi connectivity index (χ4v) is 6.84. The summed E-state index contributed by atoms with van der Waals surface area (Å²) in [6.45, 7) is 6.63. The number of anilines is 1. The van der Waals surface area contributed by atoms with Gasteiger partial charge in [0.1, 0.15) is 0 Å². The Morgan fingerprint density at radius 1 is 1.05 bits per heavy atom. The second-order valence-electron chi connectivity index (χ2n) is 9.97. The van der Waals surface area contributed by atoms with Gasteiger partial charge in [0.05, 0.1) is 21.8 Å². The number of piperazine rings is 1. The number of sulfone groups is 1. The first kappa shape index (κ1) is 27.5. The van der Waals surface area contributed by atoms with E-state index in [4.69, 9.17) is 23.2 Å². The zero-order chi connectivity index (χ0) is 28.1. The van der Waals surface area contributed by atoms with Crippen molar-refractivity contribution in [1.29, 1.82) is 0 Å². The first-order valence-electron chi connectivity index (χ1n) is 12.5. The lowest BCUT2D eigenvalue weighted by molar-refractivity contribution is -0.110. The number of hydrogen-bond donors (Lipinski definition) is 2. The van der Waals surface area contributed by atoms with Crippen molar-refractivity contribution in [3.8, 4) is 0 Å². The molecule has 5 rings (SSSR count). The van der Waals surface area contributed by atoms with Crippen LogP contribution in [-0.2, 0) is 20.4 Å². The third kappa shape index (κ3) is 5.36. The molecule has 204 valence electrons. The Bertz CT molecular complexity index is 1640. The lowest BCUT2D eigenvalue weighted by atomic mass is 10.0. The molecule has 0 aliphatic carbocycles. The van der Waals surface area contributed by atoms with E-state index in [1.54, 1.807) is 24.3 Å². The van der Waals surface area contributed by atoms with Crippen LogP contribution in [0.15, 0.2) is 41.3 Å². The minimum atomic E-state index is -3.80. The molecule has 3 aromatic rings. The van der Waals surface area contributed by atoms with Crippen molar-refractivity contribution in [2.45, 2.75) is 24.5 Å². The molecule has 1 saturated heterocycles. The maximum absolute atomic E-state index is 13.3. The van der Waals surface area contributed by atoms with E-state index in [1.165, 1.54) is 18.2 Å². The molecule has 1 aromatic heterocycles. The van der Waals surface area contributed by atoms with E-state index < -0.39 is 9.84 Å². The second kappa shape index (κ2) is 10.5. The highest BCUT2D eigenvalue weighted by molar-refractivity contribution is 7.90. The molecule has 0 saturated carbocycles. The highest BCUT2D eigenvalue weighted by Gasteiger charge is 2.29. The predicted octanol–water partition coefficient (Wildman–Crippen LogP) is 4.79. The number of benzene rings is 2. The van der Waals surface area contributed by atoms with E-state index in [0.717, 1.165) is 24.3 Å². The van der Waals surface area contributed by atoms with Crippen LogP contribution < -0.4 is 5.32 Å². The molecule has 39 heavy (non-hydrogen) atoms. The monoisotopic (exact) mass is 586 g/mol. The first-order chi connectivity index (χ1) is 18.4. The molecule has 2 N–H and O–H groups in total. The zero-order valence-corrected chi connectivity index (χ0v) is 24.1. The lowest BCUT2D eigenvalue weighted by Crippen LogP contribution is -2.47. The molecule has 0 spiro atoms. The van der Waals surface area contributed by atoms with Crippen LogP contribution in [0.5, 0.6) is 0 Å². The average molecular weight is 588 g/mol. The van der Waals surface area contributed by atoms with Crippen LogP contribution in [0, 0.1) is 13.8 Å². The first-order valence-corrected chi connectivity index (χ1v) is 14.9. The van der Waals surface area contributed by atoms with Crippen LogP contribution in [-0.4, -0.2) is 68.2 Å². The largest absolute Gasteiger partial charge is 0.358 e. The number of carbonyl (C=O) groups is 2. The Morgan fingerprint density at radius 3 is 2.49 bits per heavy atom. The molecular formula is C28H28Cl2N4O4S. The zero-order valence-electron chi connectivity index (χ0n) is 21.8. The van der Waals surface area contributed by atoms with Gasteiger partial charge in [-0.3, -0.25) is 9.59 Å². The van der Waals surface area contributed by atoms with Gasteiger partial charge in [-0.05, 0) is 74.5 Å². The van der Waals surface area contributed by atoms with Gasteiger partial charge in [-0.15, -0.1) is 0 Å². The standard InChI is InChI=1S/C28H28Cl2N4O4S/c1-16-25(31-17(2)26(16)28(36)34-10-8-33(3)9-11-34)14-22-21-13-20(5-7-24(21)32-27(22)35)39(37,38)15-18-12-19(29)4-6-23(18)30/h4-7,12-14,31H,8-11,15H2,1-3H3,(H,32,35)/b22-14-. The van der Waals surface area contributed by atoms with Crippen molar-refractivity contribution in [1.82, 2.24) is 14.8 Å². The summed E-state index contributed by atoms with van der Waals surface area (Å²) >= 11 is 12.2. The summed E-state index contributed by atoms with van der Waals surface area (Å²) < 4.78 is 26.6. The fraction of sp³-hybridized carbons (Fsp3) is 0.286. The van der Waals surface area contributed by atoms with Gasteiger partial charge in [0.25, 0.3) is 11.8 Å². The smallest absolute Gasteiger partial charge is 0.256 e. The van der Waals surface area contributed by atoms with Gasteiger partial charge in [0.15, 0.2) is 9.84 Å². The van der Waals surface area contributed by atoms with Gasteiger partial charge < -0.3 is 20.1 Å². The Morgan fingerprint density at radius 2 is 1.77 bits per heavy atom. The number of aromatic amines is 1. The van der Waals surface area contributed by atoms with Crippen molar-refractivity contribution < 1.29 is 18.0 Å². The molecule has 0 unspecified atom stereocenters. The lowest BCUT2D eigenvalue weighted by Gasteiger charge is -2.32. The summed E-state index contributed by atoms with van der Waals surface area (Å²) in [7, 11) is -1.76. The number of amides is 2. The SMILES string of the molecule is Cc1[nH]c(/C=C2\C(=O)Nc3ccc(S(=O)(=O)Cc4cc(Cl)ccc4Cl)cc32)c(C)c1C(=O)N1CCN(C)CC1. The Balaban J connectivity index is 1.48. The third-order valence-electron chi connectivity index (χ3n) is 7.26. The van der Waals surface area contributed by atoms with Crippen molar-refractivity contribution in [2.75, 3.05) is 38.5 Å². The summed E-state index contributed by atoms with van der Waals surface area (Å²) in [6.07, 6.45) is 1.68. The molecule has 2 aromatic carbocycles. The quantitative estimate of drug-likeness (QED) is 0.418. The summed E-state index contributed by atoms with van der Waals surface area (Å²) in [6, 6.07) is 9.22. The van der Waals surface area contributed by atoms with Crippen molar-refractivity contribution in [2.24, 2.45) is 0 Å². The van der Waals surface area contributed by atoms with Gasteiger partial charge in [-0.1, -0.05) is 23.2 Å². The van der Waals surface area contributed by atoms with Crippen LogP contribution >= 0.6 is 23.2 Å². The summed E-state index contributed by atoms with van der Waals surface area (Å²) in [4.78, 5) is 33.6. The molecule has 1 fully saturated rings. The average Bonchev–Trinajstić information content (AvgIpc) is 3.35. The number of fused-ring (bicyclic) bond motifs is 1. The molecule has 11 heteroatoms. The Kier molecular flexibility index (Phi) is 7.37. The number of nitrogens with one attached hydrogen (secondary N) is 2. The summed E-state index contributed by atoms with van der Waals surface area (Å²) in [5.74, 6) is -0.725. The van der Waals surface area contributed by atoms with Crippen LogP contribution in [0.4, 0.5) is 5.69 Å². The number of aromatic nitrogens is 1. The Hall–Kier alpha value is -3.11. The molecule has 0 bridgehead atoms. The number of rotatable bonds is 5. The summed E-state index contributed by atoms with van der Waals surface area (Å²) in [5.41, 5.74) is 4.37. The van der Waals surface area contributed by atoms with E-state index in [-0.39, 0.29) is 22.5 Å². The third-order valence-corrected chi connectivity index (χ3v) is 9.52. The number of H-pyrrole nitrogens is 1. The number of carbonyl (C=O) groups excluding carboxylic acids is 2. The normalized spacial score (nSPS) is 17.0. The van der Waals surface area contributed by atoms with Gasteiger partial charge >= 0.3 is 0 Å². The maximum atomic E-state index is 13.3.